The highest BCUT2D eigenvalue weighted by molar-refractivity contribution is 6.04. The van der Waals surface area contributed by atoms with Crippen LogP contribution in [-0.2, 0) is 12.8 Å². The number of aromatic nitrogens is 2. The minimum atomic E-state index is -0.251. The average molecular weight is 317 g/mol. The molecule has 0 saturated carbocycles. The van der Waals surface area contributed by atoms with Crippen LogP contribution in [0.5, 0.6) is 17.2 Å². The third-order valence-corrected chi connectivity index (χ3v) is 3.94. The number of rotatable bonds is 5. The summed E-state index contributed by atoms with van der Waals surface area (Å²) in [4.78, 5) is 12.5. The summed E-state index contributed by atoms with van der Waals surface area (Å²) in [6.07, 6.45) is 2.87. The molecule has 0 fully saturated rings. The lowest BCUT2D eigenvalue weighted by Crippen LogP contribution is -2.14. The molecule has 3 rings (SSSR count). The van der Waals surface area contributed by atoms with Gasteiger partial charge in [0.05, 0.1) is 21.3 Å². The number of fused-ring (bicyclic) bond motifs is 1. The molecule has 2 aromatic rings. The minimum absolute atomic E-state index is 0.251. The van der Waals surface area contributed by atoms with Crippen molar-refractivity contribution in [3.63, 3.8) is 0 Å². The molecule has 0 bridgehead atoms. The van der Waals surface area contributed by atoms with Gasteiger partial charge in [0.2, 0.25) is 5.75 Å². The predicted molar refractivity (Wildman–Crippen MR) is 84.7 cm³/mol. The Bertz CT molecular complexity index is 714. The molecule has 1 heterocycles. The van der Waals surface area contributed by atoms with E-state index in [9.17, 15) is 4.79 Å². The number of carbonyl (C=O) groups is 1. The second kappa shape index (κ2) is 6.20. The van der Waals surface area contributed by atoms with Gasteiger partial charge in [-0.15, -0.1) is 0 Å². The van der Waals surface area contributed by atoms with E-state index in [1.54, 1.807) is 12.1 Å². The van der Waals surface area contributed by atoms with E-state index in [1.165, 1.54) is 21.3 Å². The Labute approximate surface area is 133 Å². The van der Waals surface area contributed by atoms with Gasteiger partial charge in [-0.3, -0.25) is 9.89 Å². The van der Waals surface area contributed by atoms with Gasteiger partial charge in [0.15, 0.2) is 17.2 Å². The standard InChI is InChI=1S/C16H19N3O4/c1-21-12-7-9(8-13(22-2)15(12)23-3)17-16(20)14-10-5-4-6-11(10)18-19-14/h7-8H,4-6H2,1-3H3,(H,17,20)(H,18,19). The number of nitrogens with one attached hydrogen (secondary N) is 2. The third-order valence-electron chi connectivity index (χ3n) is 3.94. The van der Waals surface area contributed by atoms with E-state index in [-0.39, 0.29) is 5.91 Å². The zero-order valence-electron chi connectivity index (χ0n) is 13.4. The first-order valence-electron chi connectivity index (χ1n) is 7.35. The molecule has 2 N–H and O–H groups in total. The summed E-state index contributed by atoms with van der Waals surface area (Å²) in [5, 5.41) is 9.90. The highest BCUT2D eigenvalue weighted by Crippen LogP contribution is 2.40. The summed E-state index contributed by atoms with van der Waals surface area (Å²) in [6, 6.07) is 3.37. The van der Waals surface area contributed by atoms with Crippen molar-refractivity contribution in [2.24, 2.45) is 0 Å². The van der Waals surface area contributed by atoms with Gasteiger partial charge in [-0.25, -0.2) is 0 Å². The molecule has 0 saturated heterocycles. The first-order valence-corrected chi connectivity index (χ1v) is 7.35. The number of aryl methyl sites for hydroxylation is 1. The molecule has 1 aliphatic rings. The minimum Gasteiger partial charge on any atom is -0.493 e. The molecular formula is C16H19N3O4. The Hall–Kier alpha value is -2.70. The second-order valence-corrected chi connectivity index (χ2v) is 5.25. The summed E-state index contributed by atoms with van der Waals surface area (Å²) >= 11 is 0. The van der Waals surface area contributed by atoms with Crippen LogP contribution in [-0.4, -0.2) is 37.4 Å². The lowest BCUT2D eigenvalue weighted by atomic mass is 10.2. The first kappa shape index (κ1) is 15.2. The number of benzene rings is 1. The molecule has 1 aromatic carbocycles. The summed E-state index contributed by atoms with van der Waals surface area (Å²) in [7, 11) is 4.60. The summed E-state index contributed by atoms with van der Waals surface area (Å²) < 4.78 is 15.8. The van der Waals surface area contributed by atoms with E-state index in [0.717, 1.165) is 30.5 Å². The van der Waals surface area contributed by atoms with Gasteiger partial charge in [0.1, 0.15) is 0 Å². The highest BCUT2D eigenvalue weighted by atomic mass is 16.5. The van der Waals surface area contributed by atoms with Crippen molar-refractivity contribution in [2.45, 2.75) is 19.3 Å². The van der Waals surface area contributed by atoms with E-state index in [1.807, 2.05) is 0 Å². The van der Waals surface area contributed by atoms with E-state index < -0.39 is 0 Å². The van der Waals surface area contributed by atoms with Crippen molar-refractivity contribution in [2.75, 3.05) is 26.6 Å². The number of hydrogen-bond donors (Lipinski definition) is 2. The number of anilines is 1. The zero-order valence-corrected chi connectivity index (χ0v) is 13.4. The molecule has 7 heteroatoms. The van der Waals surface area contributed by atoms with Crippen molar-refractivity contribution >= 4 is 11.6 Å². The van der Waals surface area contributed by atoms with E-state index in [2.05, 4.69) is 15.5 Å². The number of methoxy groups -OCH3 is 3. The van der Waals surface area contributed by atoms with Crippen molar-refractivity contribution in [3.05, 3.63) is 29.1 Å². The van der Waals surface area contributed by atoms with Gasteiger partial charge in [-0.2, -0.15) is 5.10 Å². The maximum Gasteiger partial charge on any atom is 0.276 e. The quantitative estimate of drug-likeness (QED) is 0.883. The van der Waals surface area contributed by atoms with E-state index in [0.29, 0.717) is 28.6 Å². The monoisotopic (exact) mass is 317 g/mol. The van der Waals surface area contributed by atoms with Gasteiger partial charge < -0.3 is 19.5 Å². The number of ether oxygens (including phenoxy) is 3. The predicted octanol–water partition coefficient (Wildman–Crippen LogP) is 2.18. The molecule has 1 amide bonds. The van der Waals surface area contributed by atoms with Gasteiger partial charge in [0, 0.05) is 29.1 Å². The average Bonchev–Trinajstić information content (AvgIpc) is 3.16. The lowest BCUT2D eigenvalue weighted by Gasteiger charge is -2.14. The van der Waals surface area contributed by atoms with Crippen LogP contribution >= 0.6 is 0 Å². The highest BCUT2D eigenvalue weighted by Gasteiger charge is 2.23. The SMILES string of the molecule is COc1cc(NC(=O)c2n[nH]c3c2CCC3)cc(OC)c1OC. The number of amides is 1. The smallest absolute Gasteiger partial charge is 0.276 e. The Balaban J connectivity index is 1.88. The van der Waals surface area contributed by atoms with Crippen molar-refractivity contribution in [1.29, 1.82) is 0 Å². The number of aromatic amines is 1. The number of hydrogen-bond acceptors (Lipinski definition) is 5. The van der Waals surface area contributed by atoms with Crippen LogP contribution in [0, 0.1) is 0 Å². The van der Waals surface area contributed by atoms with Crippen LogP contribution in [0.2, 0.25) is 0 Å². The van der Waals surface area contributed by atoms with Crippen LogP contribution in [0.25, 0.3) is 0 Å². The van der Waals surface area contributed by atoms with E-state index in [4.69, 9.17) is 14.2 Å². The Morgan fingerprint density at radius 2 is 1.83 bits per heavy atom. The van der Waals surface area contributed by atoms with Crippen molar-refractivity contribution < 1.29 is 19.0 Å². The van der Waals surface area contributed by atoms with Crippen LogP contribution < -0.4 is 19.5 Å². The number of H-pyrrole nitrogens is 1. The normalized spacial score (nSPS) is 12.7. The summed E-state index contributed by atoms with van der Waals surface area (Å²) in [6.45, 7) is 0. The molecule has 0 unspecified atom stereocenters. The number of nitrogens with zero attached hydrogens (tertiary/aromatic N) is 1. The van der Waals surface area contributed by atoms with Gasteiger partial charge >= 0.3 is 0 Å². The number of carbonyl (C=O) groups excluding carboxylic acids is 1. The van der Waals surface area contributed by atoms with E-state index >= 15 is 0 Å². The lowest BCUT2D eigenvalue weighted by molar-refractivity contribution is 0.102. The van der Waals surface area contributed by atoms with Crippen LogP contribution in [0.4, 0.5) is 5.69 Å². The van der Waals surface area contributed by atoms with Crippen LogP contribution in [0.1, 0.15) is 28.2 Å². The molecule has 1 aliphatic carbocycles. The third kappa shape index (κ3) is 2.69. The molecule has 7 nitrogen and oxygen atoms in total. The fraction of sp³-hybridized carbons (Fsp3) is 0.375. The molecular weight excluding hydrogens is 298 g/mol. The maximum absolute atomic E-state index is 12.5. The zero-order chi connectivity index (χ0) is 16.4. The fourth-order valence-corrected chi connectivity index (χ4v) is 2.85. The molecule has 0 aliphatic heterocycles. The van der Waals surface area contributed by atoms with Crippen LogP contribution in [0.3, 0.4) is 0 Å². The van der Waals surface area contributed by atoms with Crippen molar-refractivity contribution in [1.82, 2.24) is 10.2 Å². The summed E-state index contributed by atoms with van der Waals surface area (Å²) in [5.74, 6) is 1.19. The Morgan fingerprint density at radius 3 is 2.43 bits per heavy atom. The van der Waals surface area contributed by atoms with Crippen molar-refractivity contribution in [3.8, 4) is 17.2 Å². The maximum atomic E-state index is 12.5. The summed E-state index contributed by atoms with van der Waals surface area (Å²) in [5.41, 5.74) is 3.07. The Morgan fingerprint density at radius 1 is 1.13 bits per heavy atom. The first-order chi connectivity index (χ1) is 11.2. The molecule has 1 aromatic heterocycles. The second-order valence-electron chi connectivity index (χ2n) is 5.25. The molecule has 122 valence electrons. The molecule has 0 atom stereocenters. The fourth-order valence-electron chi connectivity index (χ4n) is 2.85. The molecule has 23 heavy (non-hydrogen) atoms. The van der Waals surface area contributed by atoms with Gasteiger partial charge in [-0.05, 0) is 19.3 Å². The van der Waals surface area contributed by atoms with Crippen LogP contribution in [0.15, 0.2) is 12.1 Å². The molecule has 0 radical (unpaired) electrons. The van der Waals surface area contributed by atoms with Gasteiger partial charge in [0.25, 0.3) is 5.91 Å². The largest absolute Gasteiger partial charge is 0.493 e. The topological polar surface area (TPSA) is 85.5 Å². The molecule has 0 spiro atoms. The van der Waals surface area contributed by atoms with Gasteiger partial charge in [-0.1, -0.05) is 0 Å². The Kier molecular flexibility index (Phi) is 4.10.